The molecule has 55 heavy (non-hydrogen) atoms. The zero-order chi connectivity index (χ0) is 37.5. The first-order chi connectivity index (χ1) is 26.9. The number of amidine groups is 2. The molecule has 0 heterocycles. The lowest BCUT2D eigenvalue weighted by molar-refractivity contribution is 0.660. The standard InChI is InChI=1S/C51H38N4/c1-51(2)45-29-34(31-52)21-27-41(45)42-28-26-38(30-46(42)51)35-22-24-36(25-23-35)47-43-19-11-9-17-39(43)40-18-10-12-20-44(40)48(47)50(54-32-33-13-5-3-6-14-33)55-49(53)37-15-7-4-8-16-37/h3-30H,32H2,1-2H3,(H2,53,54,55). The van der Waals surface area contributed by atoms with E-state index in [9.17, 15) is 5.26 Å². The van der Waals surface area contributed by atoms with Crippen LogP contribution in [0.25, 0.3) is 54.9 Å². The highest BCUT2D eigenvalue weighted by atomic mass is 15.0. The van der Waals surface area contributed by atoms with Crippen LogP contribution in [-0.2, 0) is 12.0 Å². The lowest BCUT2D eigenvalue weighted by atomic mass is 9.81. The van der Waals surface area contributed by atoms with Crippen molar-refractivity contribution in [3.8, 4) is 39.4 Å². The molecule has 2 N–H and O–H groups in total. The Morgan fingerprint density at radius 3 is 1.82 bits per heavy atom. The first-order valence-corrected chi connectivity index (χ1v) is 18.6. The summed E-state index contributed by atoms with van der Waals surface area (Å²) in [5, 5.41) is 14.1. The Morgan fingerprint density at radius 1 is 0.582 bits per heavy atom. The van der Waals surface area contributed by atoms with Crippen LogP contribution in [0.15, 0.2) is 180 Å². The van der Waals surface area contributed by atoms with Gasteiger partial charge in [0.15, 0.2) is 5.84 Å². The van der Waals surface area contributed by atoms with Crippen molar-refractivity contribution in [1.29, 1.82) is 5.26 Å². The van der Waals surface area contributed by atoms with E-state index in [-0.39, 0.29) is 5.41 Å². The van der Waals surface area contributed by atoms with Crippen LogP contribution in [0, 0.1) is 11.3 Å². The molecule has 0 saturated heterocycles. The van der Waals surface area contributed by atoms with E-state index in [4.69, 9.17) is 15.7 Å². The van der Waals surface area contributed by atoms with E-state index in [1.807, 2.05) is 60.7 Å². The molecular formula is C51H38N4. The second kappa shape index (κ2) is 13.7. The Kier molecular flexibility index (Phi) is 8.41. The molecule has 0 saturated carbocycles. The molecule has 8 aromatic carbocycles. The summed E-state index contributed by atoms with van der Waals surface area (Å²) < 4.78 is 0. The monoisotopic (exact) mass is 706 g/mol. The molecule has 262 valence electrons. The smallest absolute Gasteiger partial charge is 0.158 e. The summed E-state index contributed by atoms with van der Waals surface area (Å²) in [4.78, 5) is 10.4. The molecule has 4 heteroatoms. The van der Waals surface area contributed by atoms with Crippen molar-refractivity contribution in [3.05, 3.63) is 203 Å². The van der Waals surface area contributed by atoms with Crippen molar-refractivity contribution in [2.24, 2.45) is 15.7 Å². The van der Waals surface area contributed by atoms with E-state index in [1.165, 1.54) is 27.6 Å². The van der Waals surface area contributed by atoms with Crippen molar-refractivity contribution >= 4 is 33.2 Å². The minimum absolute atomic E-state index is 0.218. The maximum absolute atomic E-state index is 9.60. The van der Waals surface area contributed by atoms with Crippen molar-refractivity contribution in [2.75, 3.05) is 0 Å². The highest BCUT2D eigenvalue weighted by molar-refractivity contribution is 6.27. The van der Waals surface area contributed by atoms with Gasteiger partial charge in [-0.25, -0.2) is 4.99 Å². The van der Waals surface area contributed by atoms with Crippen LogP contribution < -0.4 is 5.73 Å². The Morgan fingerprint density at radius 2 is 1.13 bits per heavy atom. The Labute approximate surface area is 321 Å². The molecule has 0 atom stereocenters. The Balaban J connectivity index is 1.22. The van der Waals surface area contributed by atoms with Gasteiger partial charge in [-0.3, -0.25) is 4.99 Å². The molecule has 0 fully saturated rings. The van der Waals surface area contributed by atoms with Gasteiger partial charge in [0.05, 0.1) is 18.2 Å². The van der Waals surface area contributed by atoms with Gasteiger partial charge in [0, 0.05) is 22.1 Å². The molecule has 0 aliphatic heterocycles. The first kappa shape index (κ1) is 33.7. The van der Waals surface area contributed by atoms with Crippen molar-refractivity contribution in [2.45, 2.75) is 25.8 Å². The summed E-state index contributed by atoms with van der Waals surface area (Å²) in [6.45, 7) is 4.96. The zero-order valence-electron chi connectivity index (χ0n) is 30.8. The number of hydrogen-bond acceptors (Lipinski definition) is 2. The fraction of sp³-hybridized carbons (Fsp3) is 0.0784. The third kappa shape index (κ3) is 5.97. The molecule has 1 aliphatic rings. The molecule has 0 radical (unpaired) electrons. The average molecular weight is 707 g/mol. The maximum atomic E-state index is 9.60. The minimum Gasteiger partial charge on any atom is -0.383 e. The Hall–Kier alpha value is -7.09. The zero-order valence-corrected chi connectivity index (χ0v) is 30.8. The number of nitrogens with two attached hydrogens (primary N) is 1. The average Bonchev–Trinajstić information content (AvgIpc) is 3.47. The molecule has 0 unspecified atom stereocenters. The number of aliphatic imine (C=N–C) groups is 2. The van der Waals surface area contributed by atoms with Crippen LogP contribution in [0.1, 0.15) is 47.2 Å². The fourth-order valence-corrected chi connectivity index (χ4v) is 8.20. The highest BCUT2D eigenvalue weighted by Gasteiger charge is 2.35. The van der Waals surface area contributed by atoms with Crippen LogP contribution in [-0.4, -0.2) is 11.7 Å². The third-order valence-corrected chi connectivity index (χ3v) is 11.0. The van der Waals surface area contributed by atoms with Crippen LogP contribution in [0.5, 0.6) is 0 Å². The maximum Gasteiger partial charge on any atom is 0.158 e. The Bertz CT molecular complexity index is 2860. The second-order valence-corrected chi connectivity index (χ2v) is 14.7. The minimum atomic E-state index is -0.218. The van der Waals surface area contributed by atoms with Gasteiger partial charge < -0.3 is 5.73 Å². The van der Waals surface area contributed by atoms with Crippen molar-refractivity contribution in [1.82, 2.24) is 0 Å². The van der Waals surface area contributed by atoms with Gasteiger partial charge >= 0.3 is 0 Å². The van der Waals surface area contributed by atoms with Crippen molar-refractivity contribution < 1.29 is 0 Å². The van der Waals surface area contributed by atoms with Crippen LogP contribution in [0.3, 0.4) is 0 Å². The van der Waals surface area contributed by atoms with Gasteiger partial charge in [0.2, 0.25) is 0 Å². The summed E-state index contributed by atoms with van der Waals surface area (Å²) in [5.74, 6) is 1.00. The fourth-order valence-electron chi connectivity index (χ4n) is 8.20. The predicted molar refractivity (Wildman–Crippen MR) is 228 cm³/mol. The highest BCUT2D eigenvalue weighted by Crippen LogP contribution is 2.50. The molecule has 4 nitrogen and oxygen atoms in total. The lowest BCUT2D eigenvalue weighted by Crippen LogP contribution is -2.17. The number of rotatable bonds is 6. The number of fused-ring (bicyclic) bond motifs is 6. The third-order valence-electron chi connectivity index (χ3n) is 11.0. The van der Waals surface area contributed by atoms with E-state index < -0.39 is 0 Å². The van der Waals surface area contributed by atoms with E-state index >= 15 is 0 Å². The number of benzene rings is 8. The second-order valence-electron chi connectivity index (χ2n) is 14.7. The van der Waals surface area contributed by atoms with E-state index in [2.05, 4.69) is 129 Å². The number of nitrogens with zero attached hydrogens (tertiary/aromatic N) is 3. The predicted octanol–water partition coefficient (Wildman–Crippen LogP) is 11.9. The molecule has 8 aromatic rings. The molecule has 1 aliphatic carbocycles. The van der Waals surface area contributed by atoms with E-state index in [1.54, 1.807) is 0 Å². The summed E-state index contributed by atoms with van der Waals surface area (Å²) in [6, 6.07) is 61.3. The van der Waals surface area contributed by atoms with Crippen LogP contribution >= 0.6 is 0 Å². The largest absolute Gasteiger partial charge is 0.383 e. The van der Waals surface area contributed by atoms with Gasteiger partial charge in [-0.2, -0.15) is 5.26 Å². The summed E-state index contributed by atoms with van der Waals surface area (Å²) in [6.07, 6.45) is 0. The summed E-state index contributed by atoms with van der Waals surface area (Å²) in [5.41, 5.74) is 19.5. The number of nitriles is 1. The number of hydrogen-bond donors (Lipinski definition) is 1. The van der Waals surface area contributed by atoms with Gasteiger partial charge in [0.25, 0.3) is 0 Å². The first-order valence-electron chi connectivity index (χ1n) is 18.6. The quantitative estimate of drug-likeness (QED) is 0.106. The van der Waals surface area contributed by atoms with Gasteiger partial charge in [-0.1, -0.05) is 166 Å². The SMILES string of the molecule is CC1(C)c2cc(C#N)ccc2-c2ccc(-c3ccc(-c4c(C(N=C(N)c5ccccc5)=NCc5ccccc5)c5ccccc5c5ccccc45)cc3)cc21. The molecule has 0 bridgehead atoms. The van der Waals surface area contributed by atoms with Crippen LogP contribution in [0.4, 0.5) is 0 Å². The molecule has 9 rings (SSSR count). The van der Waals surface area contributed by atoms with Gasteiger partial charge in [-0.05, 0) is 84.3 Å². The molecular weight excluding hydrogens is 669 g/mol. The van der Waals surface area contributed by atoms with Gasteiger partial charge in [-0.15, -0.1) is 0 Å². The van der Waals surface area contributed by atoms with Gasteiger partial charge in [0.1, 0.15) is 5.84 Å². The normalized spacial score (nSPS) is 13.4. The van der Waals surface area contributed by atoms with E-state index in [0.29, 0.717) is 23.8 Å². The topological polar surface area (TPSA) is 74.5 Å². The summed E-state index contributed by atoms with van der Waals surface area (Å²) >= 11 is 0. The molecule has 0 aromatic heterocycles. The molecule has 0 spiro atoms. The lowest BCUT2D eigenvalue weighted by Gasteiger charge is -2.22. The van der Waals surface area contributed by atoms with Crippen LogP contribution in [0.2, 0.25) is 0 Å². The van der Waals surface area contributed by atoms with Crippen molar-refractivity contribution in [3.63, 3.8) is 0 Å². The molecule has 0 amide bonds. The van der Waals surface area contributed by atoms with E-state index in [0.717, 1.165) is 55.1 Å². The summed E-state index contributed by atoms with van der Waals surface area (Å²) in [7, 11) is 0.